The van der Waals surface area contributed by atoms with Crippen LogP contribution >= 0.6 is 11.8 Å². The van der Waals surface area contributed by atoms with Gasteiger partial charge in [0.05, 0.1) is 0 Å². The molecule has 1 aromatic rings. The molecule has 18 heavy (non-hydrogen) atoms. The largest absolute Gasteiger partial charge is 0.490 e. The van der Waals surface area contributed by atoms with Crippen molar-refractivity contribution < 1.29 is 9.47 Å². The molecule has 2 nitrogen and oxygen atoms in total. The molecule has 0 N–H and O–H groups in total. The highest BCUT2D eigenvalue weighted by Gasteiger charge is 2.21. The first-order valence-electron chi connectivity index (χ1n) is 6.56. The molecule has 0 aliphatic carbocycles. The van der Waals surface area contributed by atoms with E-state index in [0.717, 1.165) is 23.0 Å². The second-order valence-electron chi connectivity index (χ2n) is 4.34. The van der Waals surface area contributed by atoms with E-state index in [9.17, 15) is 0 Å². The number of allylic oxidation sites excluding steroid dienone is 1. The van der Waals surface area contributed by atoms with Crippen LogP contribution < -0.4 is 4.74 Å². The minimum atomic E-state index is 0.183. The maximum atomic E-state index is 5.83. The summed E-state index contributed by atoms with van der Waals surface area (Å²) < 4.78 is 11.5. The Hall–Kier alpha value is -1.09. The smallest absolute Gasteiger partial charge is 0.150 e. The van der Waals surface area contributed by atoms with Gasteiger partial charge in [-0.3, -0.25) is 0 Å². The average Bonchev–Trinajstić information content (AvgIpc) is 2.86. The highest BCUT2D eigenvalue weighted by molar-refractivity contribution is 8.03. The molecule has 1 atom stereocenters. The molecular formula is C15H20O2S. The summed E-state index contributed by atoms with van der Waals surface area (Å²) in [6, 6.07) is 9.90. The Balaban J connectivity index is 1.71. The van der Waals surface area contributed by atoms with E-state index < -0.39 is 0 Å². The normalized spacial score (nSPS) is 20.9. The van der Waals surface area contributed by atoms with Crippen molar-refractivity contribution >= 4 is 11.8 Å². The summed E-state index contributed by atoms with van der Waals surface area (Å²) >= 11 is 1.79. The van der Waals surface area contributed by atoms with E-state index in [0.29, 0.717) is 6.61 Å². The first kappa shape index (κ1) is 13.3. The van der Waals surface area contributed by atoms with Gasteiger partial charge in [0.1, 0.15) is 23.6 Å². The van der Waals surface area contributed by atoms with Crippen LogP contribution in [-0.4, -0.2) is 18.5 Å². The monoisotopic (exact) mass is 264 g/mol. The molecule has 98 valence electrons. The summed E-state index contributed by atoms with van der Waals surface area (Å²) in [5.74, 6) is 1.90. The maximum Gasteiger partial charge on any atom is 0.150 e. The van der Waals surface area contributed by atoms with Crippen LogP contribution in [0.3, 0.4) is 0 Å². The molecule has 1 aliphatic rings. The molecular weight excluding hydrogens is 244 g/mol. The Bertz CT molecular complexity index is 375. The van der Waals surface area contributed by atoms with Crippen LogP contribution in [0.5, 0.6) is 5.75 Å². The van der Waals surface area contributed by atoms with Gasteiger partial charge >= 0.3 is 0 Å². The van der Waals surface area contributed by atoms with E-state index in [-0.39, 0.29) is 6.10 Å². The van der Waals surface area contributed by atoms with Crippen LogP contribution in [0.25, 0.3) is 0 Å². The second kappa shape index (κ2) is 7.37. The van der Waals surface area contributed by atoms with E-state index in [1.54, 1.807) is 11.8 Å². The summed E-state index contributed by atoms with van der Waals surface area (Å²) in [6.45, 7) is 2.83. The third kappa shape index (κ3) is 4.30. The fourth-order valence-corrected chi connectivity index (χ4v) is 2.68. The second-order valence-corrected chi connectivity index (χ2v) is 5.36. The third-order valence-corrected chi connectivity index (χ3v) is 3.83. The Labute approximate surface area is 113 Å². The molecule has 0 spiro atoms. The molecule has 1 unspecified atom stereocenters. The van der Waals surface area contributed by atoms with Crippen molar-refractivity contribution in [1.29, 1.82) is 0 Å². The molecule has 0 amide bonds. The van der Waals surface area contributed by atoms with Gasteiger partial charge in [0, 0.05) is 5.75 Å². The molecule has 0 saturated carbocycles. The van der Waals surface area contributed by atoms with Gasteiger partial charge in [-0.05, 0) is 31.1 Å². The number of ether oxygens (including phenoxy) is 2. The van der Waals surface area contributed by atoms with Crippen molar-refractivity contribution in [2.45, 2.75) is 32.3 Å². The standard InChI is InChI=1S/C15H20O2S/c1-2-3-5-10-15-17-14(12-18-15)11-16-13-8-6-4-7-9-13/h4,6-10,14H,2-3,5,11-12H2,1H3/b15-10-. The average molecular weight is 264 g/mol. The van der Waals surface area contributed by atoms with Gasteiger partial charge in [0.2, 0.25) is 0 Å². The lowest BCUT2D eigenvalue weighted by atomic mass is 10.2. The maximum absolute atomic E-state index is 5.83. The van der Waals surface area contributed by atoms with Gasteiger partial charge in [0.25, 0.3) is 0 Å². The quantitative estimate of drug-likeness (QED) is 0.716. The van der Waals surface area contributed by atoms with Crippen molar-refractivity contribution in [3.8, 4) is 5.75 Å². The van der Waals surface area contributed by atoms with Crippen LogP contribution in [0.4, 0.5) is 0 Å². The number of benzene rings is 1. The van der Waals surface area contributed by atoms with Crippen LogP contribution in [0.15, 0.2) is 41.5 Å². The Kier molecular flexibility index (Phi) is 5.46. The number of hydrogen-bond acceptors (Lipinski definition) is 3. The van der Waals surface area contributed by atoms with E-state index in [1.165, 1.54) is 12.8 Å². The van der Waals surface area contributed by atoms with E-state index in [2.05, 4.69) is 13.0 Å². The molecule has 1 fully saturated rings. The molecule has 1 aliphatic heterocycles. The van der Waals surface area contributed by atoms with Crippen LogP contribution in [0.1, 0.15) is 26.2 Å². The molecule has 0 radical (unpaired) electrons. The van der Waals surface area contributed by atoms with Gasteiger partial charge in [0.15, 0.2) is 0 Å². The fraction of sp³-hybridized carbons (Fsp3) is 0.467. The molecule has 0 aromatic heterocycles. The van der Waals surface area contributed by atoms with E-state index in [1.807, 2.05) is 30.3 Å². The summed E-state index contributed by atoms with van der Waals surface area (Å²) in [4.78, 5) is 0. The Morgan fingerprint density at radius 2 is 2.22 bits per heavy atom. The molecule has 1 heterocycles. The lowest BCUT2D eigenvalue weighted by molar-refractivity contribution is 0.109. The lowest BCUT2D eigenvalue weighted by Crippen LogP contribution is -2.18. The zero-order chi connectivity index (χ0) is 12.6. The number of para-hydroxylation sites is 1. The molecule has 3 heteroatoms. The SMILES string of the molecule is CCCC/C=C1/OC(COc2ccccc2)CS1. The number of thioether (sulfide) groups is 1. The summed E-state index contributed by atoms with van der Waals surface area (Å²) in [6.07, 6.45) is 5.97. The van der Waals surface area contributed by atoms with E-state index in [4.69, 9.17) is 9.47 Å². The molecule has 1 saturated heterocycles. The van der Waals surface area contributed by atoms with Gasteiger partial charge in [-0.1, -0.05) is 43.3 Å². The highest BCUT2D eigenvalue weighted by atomic mass is 32.2. The Morgan fingerprint density at radius 3 is 3.00 bits per heavy atom. The molecule has 2 rings (SSSR count). The minimum absolute atomic E-state index is 0.183. The zero-order valence-corrected chi connectivity index (χ0v) is 11.6. The topological polar surface area (TPSA) is 18.5 Å². The van der Waals surface area contributed by atoms with Crippen molar-refractivity contribution in [1.82, 2.24) is 0 Å². The fourth-order valence-electron chi connectivity index (χ4n) is 1.73. The predicted molar refractivity (Wildman–Crippen MR) is 76.9 cm³/mol. The number of unbranched alkanes of at least 4 members (excludes halogenated alkanes) is 2. The van der Waals surface area contributed by atoms with Crippen molar-refractivity contribution in [2.75, 3.05) is 12.4 Å². The highest BCUT2D eigenvalue weighted by Crippen LogP contribution is 2.29. The zero-order valence-electron chi connectivity index (χ0n) is 10.8. The molecule has 1 aromatic carbocycles. The minimum Gasteiger partial charge on any atom is -0.490 e. The summed E-state index contributed by atoms with van der Waals surface area (Å²) in [5.41, 5.74) is 0. The number of hydrogen-bond donors (Lipinski definition) is 0. The Morgan fingerprint density at radius 1 is 1.39 bits per heavy atom. The lowest BCUT2D eigenvalue weighted by Gasteiger charge is -2.11. The molecule has 0 bridgehead atoms. The van der Waals surface area contributed by atoms with Gasteiger partial charge < -0.3 is 9.47 Å². The van der Waals surface area contributed by atoms with Crippen LogP contribution in [0, 0.1) is 0 Å². The van der Waals surface area contributed by atoms with Gasteiger partial charge in [-0.2, -0.15) is 0 Å². The van der Waals surface area contributed by atoms with Crippen molar-refractivity contribution in [3.05, 3.63) is 41.5 Å². The van der Waals surface area contributed by atoms with Crippen molar-refractivity contribution in [3.63, 3.8) is 0 Å². The van der Waals surface area contributed by atoms with Crippen LogP contribution in [0.2, 0.25) is 0 Å². The summed E-state index contributed by atoms with van der Waals surface area (Å²) in [5, 5.41) is 1.07. The first-order chi connectivity index (χ1) is 8.88. The summed E-state index contributed by atoms with van der Waals surface area (Å²) in [7, 11) is 0. The first-order valence-corrected chi connectivity index (χ1v) is 7.54. The van der Waals surface area contributed by atoms with Gasteiger partial charge in [-0.15, -0.1) is 0 Å². The third-order valence-electron chi connectivity index (χ3n) is 2.74. The van der Waals surface area contributed by atoms with E-state index >= 15 is 0 Å². The van der Waals surface area contributed by atoms with Gasteiger partial charge in [-0.25, -0.2) is 0 Å². The predicted octanol–water partition coefficient (Wildman–Crippen LogP) is 4.23. The number of rotatable bonds is 6. The van der Waals surface area contributed by atoms with Crippen molar-refractivity contribution in [2.24, 2.45) is 0 Å². The van der Waals surface area contributed by atoms with Crippen LogP contribution in [-0.2, 0) is 4.74 Å².